The molecule has 1 aliphatic heterocycles. The Morgan fingerprint density at radius 3 is 2.53 bits per heavy atom. The van der Waals surface area contributed by atoms with E-state index in [2.05, 4.69) is 31.0 Å². The van der Waals surface area contributed by atoms with Gasteiger partial charge in [-0.15, -0.1) is 0 Å². The van der Waals surface area contributed by atoms with E-state index >= 15 is 0 Å². The van der Waals surface area contributed by atoms with E-state index in [0.717, 1.165) is 19.8 Å². The molecule has 1 aliphatic carbocycles. The van der Waals surface area contributed by atoms with Gasteiger partial charge in [0.25, 0.3) is 0 Å². The fourth-order valence-corrected chi connectivity index (χ4v) is 3.71. The predicted octanol–water partition coefficient (Wildman–Crippen LogP) is 2.80. The van der Waals surface area contributed by atoms with Gasteiger partial charge in [0.15, 0.2) is 0 Å². The van der Waals surface area contributed by atoms with Crippen molar-refractivity contribution < 1.29 is 4.74 Å². The molecule has 0 aromatic carbocycles. The maximum atomic E-state index is 5.61. The summed E-state index contributed by atoms with van der Waals surface area (Å²) in [5, 5.41) is 3.84. The summed E-state index contributed by atoms with van der Waals surface area (Å²) in [5.74, 6) is 0. The number of piperazine rings is 1. The molecule has 3 nitrogen and oxygen atoms in total. The molecule has 1 heterocycles. The van der Waals surface area contributed by atoms with Crippen LogP contribution in [0.2, 0.25) is 0 Å². The van der Waals surface area contributed by atoms with Crippen LogP contribution in [-0.4, -0.2) is 48.8 Å². The molecule has 19 heavy (non-hydrogen) atoms. The number of hydrogen-bond acceptors (Lipinski definition) is 3. The zero-order valence-electron chi connectivity index (χ0n) is 13.1. The third-order valence-electron chi connectivity index (χ3n) is 5.33. The Kier molecular flexibility index (Phi) is 5.27. The molecule has 0 aromatic heterocycles. The number of rotatable bonds is 5. The predicted molar refractivity (Wildman–Crippen MR) is 80.6 cm³/mol. The Labute approximate surface area is 119 Å². The van der Waals surface area contributed by atoms with Crippen molar-refractivity contribution in [3.8, 4) is 0 Å². The average Bonchev–Trinajstić information content (AvgIpc) is 2.45. The van der Waals surface area contributed by atoms with Gasteiger partial charge in [0, 0.05) is 37.3 Å². The van der Waals surface area contributed by atoms with Crippen LogP contribution in [0.25, 0.3) is 0 Å². The van der Waals surface area contributed by atoms with E-state index in [1.807, 2.05) is 0 Å². The highest BCUT2D eigenvalue weighted by Gasteiger charge is 2.44. The first-order valence-corrected chi connectivity index (χ1v) is 8.22. The van der Waals surface area contributed by atoms with Crippen LogP contribution in [0.3, 0.4) is 0 Å². The smallest absolute Gasteiger partial charge is 0.0593 e. The molecule has 1 unspecified atom stereocenters. The minimum atomic E-state index is 0.287. The lowest BCUT2D eigenvalue weighted by molar-refractivity contribution is -0.0311. The van der Waals surface area contributed by atoms with Crippen LogP contribution in [0.15, 0.2) is 0 Å². The Morgan fingerprint density at radius 1 is 1.16 bits per heavy atom. The molecule has 3 heteroatoms. The van der Waals surface area contributed by atoms with Gasteiger partial charge >= 0.3 is 0 Å². The zero-order valence-corrected chi connectivity index (χ0v) is 13.1. The second-order valence-electron chi connectivity index (χ2n) is 6.67. The largest absolute Gasteiger partial charge is 0.380 e. The quantitative estimate of drug-likeness (QED) is 0.776. The topological polar surface area (TPSA) is 24.5 Å². The second-order valence-corrected chi connectivity index (χ2v) is 6.67. The summed E-state index contributed by atoms with van der Waals surface area (Å²) in [7, 11) is 0. The van der Waals surface area contributed by atoms with Crippen LogP contribution in [0.1, 0.15) is 59.3 Å². The molecule has 1 saturated carbocycles. The maximum absolute atomic E-state index is 5.61. The van der Waals surface area contributed by atoms with Crippen molar-refractivity contribution in [3.63, 3.8) is 0 Å². The van der Waals surface area contributed by atoms with E-state index in [1.165, 1.54) is 51.6 Å². The Hall–Kier alpha value is -0.120. The van der Waals surface area contributed by atoms with Gasteiger partial charge < -0.3 is 10.1 Å². The van der Waals surface area contributed by atoms with E-state index in [-0.39, 0.29) is 5.54 Å². The van der Waals surface area contributed by atoms with E-state index in [9.17, 15) is 0 Å². The molecule has 1 saturated heterocycles. The first-order valence-electron chi connectivity index (χ1n) is 8.22. The molecule has 0 amide bonds. The van der Waals surface area contributed by atoms with Crippen molar-refractivity contribution >= 4 is 0 Å². The number of nitrogens with one attached hydrogen (secondary N) is 1. The highest BCUT2D eigenvalue weighted by atomic mass is 16.5. The monoisotopic (exact) mass is 268 g/mol. The van der Waals surface area contributed by atoms with E-state index in [0.29, 0.717) is 5.54 Å². The average molecular weight is 268 g/mol. The highest BCUT2D eigenvalue weighted by molar-refractivity contribution is 5.04. The highest BCUT2D eigenvalue weighted by Crippen LogP contribution is 2.37. The molecule has 2 aliphatic rings. The van der Waals surface area contributed by atoms with Crippen molar-refractivity contribution in [2.45, 2.75) is 70.4 Å². The van der Waals surface area contributed by atoms with Gasteiger partial charge in [-0.25, -0.2) is 0 Å². The van der Waals surface area contributed by atoms with Gasteiger partial charge in [0.05, 0.1) is 6.61 Å². The molecule has 2 rings (SSSR count). The van der Waals surface area contributed by atoms with Crippen molar-refractivity contribution in [1.82, 2.24) is 10.2 Å². The Balaban J connectivity index is 2.03. The van der Waals surface area contributed by atoms with Crippen LogP contribution in [-0.2, 0) is 4.74 Å². The fourth-order valence-electron chi connectivity index (χ4n) is 3.71. The lowest BCUT2D eigenvalue weighted by Crippen LogP contribution is -2.69. The van der Waals surface area contributed by atoms with E-state index < -0.39 is 0 Å². The molecule has 1 atom stereocenters. The summed E-state index contributed by atoms with van der Waals surface area (Å²) < 4.78 is 5.61. The summed E-state index contributed by atoms with van der Waals surface area (Å²) in [6.45, 7) is 11.9. The van der Waals surface area contributed by atoms with Gasteiger partial charge in [-0.3, -0.25) is 4.90 Å². The standard InChI is InChI=1S/C16H32N2O/c1-4-15(3)14-18(11-12-19-5-2)16(13-17-15)9-7-6-8-10-16/h17H,4-14H2,1-3H3. The van der Waals surface area contributed by atoms with Gasteiger partial charge in [0.2, 0.25) is 0 Å². The molecule has 0 radical (unpaired) electrons. The van der Waals surface area contributed by atoms with Gasteiger partial charge in [-0.1, -0.05) is 26.2 Å². The molecule has 0 aromatic rings. The number of nitrogens with zero attached hydrogens (tertiary/aromatic N) is 1. The minimum absolute atomic E-state index is 0.287. The Morgan fingerprint density at radius 2 is 1.89 bits per heavy atom. The van der Waals surface area contributed by atoms with Crippen molar-refractivity contribution in [1.29, 1.82) is 0 Å². The second kappa shape index (κ2) is 6.55. The summed E-state index contributed by atoms with van der Waals surface area (Å²) in [5.41, 5.74) is 0.707. The first kappa shape index (κ1) is 15.3. The minimum Gasteiger partial charge on any atom is -0.380 e. The lowest BCUT2D eigenvalue weighted by Gasteiger charge is -2.55. The van der Waals surface area contributed by atoms with E-state index in [1.54, 1.807) is 0 Å². The Bertz CT molecular complexity index is 276. The molecule has 1 spiro atoms. The third-order valence-corrected chi connectivity index (χ3v) is 5.33. The number of ether oxygens (including phenoxy) is 1. The third kappa shape index (κ3) is 3.50. The van der Waals surface area contributed by atoms with Crippen molar-refractivity contribution in [3.05, 3.63) is 0 Å². The molecular formula is C16H32N2O. The summed E-state index contributed by atoms with van der Waals surface area (Å²) >= 11 is 0. The molecule has 0 bridgehead atoms. The van der Waals surface area contributed by atoms with Crippen molar-refractivity contribution in [2.75, 3.05) is 32.8 Å². The fraction of sp³-hybridized carbons (Fsp3) is 1.00. The molecular weight excluding hydrogens is 236 g/mol. The summed E-state index contributed by atoms with van der Waals surface area (Å²) in [6, 6.07) is 0. The summed E-state index contributed by atoms with van der Waals surface area (Å²) in [4.78, 5) is 2.75. The SMILES string of the molecule is CCOCCN1CC(C)(CC)NCC12CCCCC2. The van der Waals surface area contributed by atoms with Crippen LogP contribution in [0, 0.1) is 0 Å². The van der Waals surface area contributed by atoms with E-state index in [4.69, 9.17) is 4.74 Å². The van der Waals surface area contributed by atoms with Gasteiger partial charge in [0.1, 0.15) is 0 Å². The lowest BCUT2D eigenvalue weighted by atomic mass is 9.76. The van der Waals surface area contributed by atoms with Crippen LogP contribution in [0.4, 0.5) is 0 Å². The van der Waals surface area contributed by atoms with Gasteiger partial charge in [-0.2, -0.15) is 0 Å². The molecule has 1 N–H and O–H groups in total. The maximum Gasteiger partial charge on any atom is 0.0593 e. The van der Waals surface area contributed by atoms with Crippen LogP contribution in [0.5, 0.6) is 0 Å². The van der Waals surface area contributed by atoms with Crippen LogP contribution < -0.4 is 5.32 Å². The summed E-state index contributed by atoms with van der Waals surface area (Å²) in [6.07, 6.45) is 8.16. The first-order chi connectivity index (χ1) is 9.14. The zero-order chi connectivity index (χ0) is 13.8. The normalized spacial score (nSPS) is 31.7. The van der Waals surface area contributed by atoms with Gasteiger partial charge in [-0.05, 0) is 33.1 Å². The molecule has 2 fully saturated rings. The number of hydrogen-bond donors (Lipinski definition) is 1. The van der Waals surface area contributed by atoms with Crippen molar-refractivity contribution in [2.24, 2.45) is 0 Å². The van der Waals surface area contributed by atoms with Crippen LogP contribution >= 0.6 is 0 Å². The molecule has 112 valence electrons.